The molecule has 3 aliphatic heterocycles. The van der Waals surface area contributed by atoms with Gasteiger partial charge in [0.05, 0.1) is 0 Å². The number of ether oxygens (including phenoxy) is 1. The predicted octanol–water partition coefficient (Wildman–Crippen LogP) is 1.75. The Balaban J connectivity index is 1.52. The Hall–Kier alpha value is -0.770. The van der Waals surface area contributed by atoms with Crippen LogP contribution >= 0.6 is 0 Å². The lowest BCUT2D eigenvalue weighted by molar-refractivity contribution is -0.0808. The SMILES string of the molecule is CC(C)(C)OC(=O)N1CC2(CC3CC(C2)N3)C1. The molecule has 96 valence electrons. The van der Waals surface area contributed by atoms with Crippen molar-refractivity contribution in [2.45, 2.75) is 57.7 Å². The van der Waals surface area contributed by atoms with Gasteiger partial charge in [-0.05, 0) is 40.0 Å². The van der Waals surface area contributed by atoms with Crippen LogP contribution in [-0.4, -0.2) is 41.8 Å². The van der Waals surface area contributed by atoms with Crippen molar-refractivity contribution < 1.29 is 9.53 Å². The molecule has 0 radical (unpaired) electrons. The Bertz CT molecular complexity index is 324. The van der Waals surface area contributed by atoms with Gasteiger partial charge in [0.15, 0.2) is 0 Å². The van der Waals surface area contributed by atoms with Crippen molar-refractivity contribution in [1.82, 2.24) is 10.2 Å². The molecule has 2 atom stereocenters. The van der Waals surface area contributed by atoms with E-state index in [9.17, 15) is 4.79 Å². The second-order valence-electron chi connectivity index (χ2n) is 7.04. The van der Waals surface area contributed by atoms with E-state index >= 15 is 0 Å². The maximum absolute atomic E-state index is 11.8. The number of hydrogen-bond donors (Lipinski definition) is 1. The van der Waals surface area contributed by atoms with Crippen molar-refractivity contribution in [3.05, 3.63) is 0 Å². The van der Waals surface area contributed by atoms with Crippen molar-refractivity contribution in [2.75, 3.05) is 13.1 Å². The summed E-state index contributed by atoms with van der Waals surface area (Å²) >= 11 is 0. The zero-order chi connectivity index (χ0) is 12.3. The van der Waals surface area contributed by atoms with E-state index in [2.05, 4.69) is 5.32 Å². The fourth-order valence-corrected chi connectivity index (χ4v) is 3.54. The number of likely N-dealkylation sites (tertiary alicyclic amines) is 1. The summed E-state index contributed by atoms with van der Waals surface area (Å²) in [6.07, 6.45) is 3.68. The summed E-state index contributed by atoms with van der Waals surface area (Å²) in [5, 5.41) is 3.55. The summed E-state index contributed by atoms with van der Waals surface area (Å²) < 4.78 is 5.39. The molecule has 0 aromatic heterocycles. The first-order valence-electron chi connectivity index (χ1n) is 6.59. The monoisotopic (exact) mass is 238 g/mol. The highest BCUT2D eigenvalue weighted by molar-refractivity contribution is 5.69. The third-order valence-corrected chi connectivity index (χ3v) is 4.10. The predicted molar refractivity (Wildman–Crippen MR) is 64.8 cm³/mol. The molecule has 1 amide bonds. The molecule has 2 unspecified atom stereocenters. The van der Waals surface area contributed by atoms with Gasteiger partial charge in [0, 0.05) is 30.6 Å². The van der Waals surface area contributed by atoms with Crippen LogP contribution in [0.3, 0.4) is 0 Å². The minimum atomic E-state index is -0.379. The van der Waals surface area contributed by atoms with E-state index in [1.807, 2.05) is 25.7 Å². The number of carbonyl (C=O) groups is 1. The van der Waals surface area contributed by atoms with E-state index < -0.39 is 0 Å². The van der Waals surface area contributed by atoms with E-state index in [-0.39, 0.29) is 11.7 Å². The lowest BCUT2D eigenvalue weighted by atomic mass is 9.62. The quantitative estimate of drug-likeness (QED) is 0.699. The number of piperidine rings is 1. The summed E-state index contributed by atoms with van der Waals surface area (Å²) in [7, 11) is 0. The van der Waals surface area contributed by atoms with Gasteiger partial charge in [-0.1, -0.05) is 0 Å². The Morgan fingerprint density at radius 3 is 2.29 bits per heavy atom. The fourth-order valence-electron chi connectivity index (χ4n) is 3.54. The standard InChI is InChI=1S/C13H22N2O2/c1-12(2,3)17-11(16)15-7-13(8-15)5-9-4-10(6-13)14-9/h9-10,14H,4-8H2,1-3H3. The Labute approximate surface area is 103 Å². The molecule has 1 saturated carbocycles. The third-order valence-electron chi connectivity index (χ3n) is 4.10. The normalized spacial score (nSPS) is 33.9. The highest BCUT2D eigenvalue weighted by atomic mass is 16.6. The van der Waals surface area contributed by atoms with Crippen molar-refractivity contribution >= 4 is 6.09 Å². The van der Waals surface area contributed by atoms with Crippen LogP contribution in [0.25, 0.3) is 0 Å². The van der Waals surface area contributed by atoms with Crippen LogP contribution in [0.15, 0.2) is 0 Å². The molecule has 2 bridgehead atoms. The first kappa shape index (κ1) is 11.3. The highest BCUT2D eigenvalue weighted by Gasteiger charge is 2.54. The molecule has 1 spiro atoms. The first-order valence-corrected chi connectivity index (χ1v) is 6.59. The van der Waals surface area contributed by atoms with Gasteiger partial charge in [0.1, 0.15) is 5.60 Å². The van der Waals surface area contributed by atoms with Crippen LogP contribution in [0.2, 0.25) is 0 Å². The van der Waals surface area contributed by atoms with Gasteiger partial charge >= 0.3 is 6.09 Å². The van der Waals surface area contributed by atoms with E-state index in [0.717, 1.165) is 25.2 Å². The molecule has 1 N–H and O–H groups in total. The molecule has 0 aromatic rings. The van der Waals surface area contributed by atoms with Crippen molar-refractivity contribution in [3.8, 4) is 0 Å². The lowest BCUT2D eigenvalue weighted by Crippen LogP contribution is -2.70. The first-order chi connectivity index (χ1) is 7.85. The summed E-state index contributed by atoms with van der Waals surface area (Å²) in [4.78, 5) is 13.7. The number of nitrogens with one attached hydrogen (secondary N) is 1. The Kier molecular flexibility index (Phi) is 2.25. The third kappa shape index (κ3) is 2.03. The van der Waals surface area contributed by atoms with Crippen molar-refractivity contribution in [2.24, 2.45) is 5.41 Å². The van der Waals surface area contributed by atoms with Gasteiger partial charge in [-0.15, -0.1) is 0 Å². The van der Waals surface area contributed by atoms with Crippen LogP contribution in [0.4, 0.5) is 4.79 Å². The molecule has 0 aromatic carbocycles. The van der Waals surface area contributed by atoms with Gasteiger partial charge in [-0.25, -0.2) is 4.79 Å². The number of nitrogens with zero attached hydrogens (tertiary/aromatic N) is 1. The second-order valence-corrected chi connectivity index (χ2v) is 7.04. The van der Waals surface area contributed by atoms with E-state index in [0.29, 0.717) is 5.41 Å². The highest BCUT2D eigenvalue weighted by Crippen LogP contribution is 2.48. The van der Waals surface area contributed by atoms with E-state index in [1.165, 1.54) is 19.3 Å². The molecule has 17 heavy (non-hydrogen) atoms. The second kappa shape index (κ2) is 3.37. The molecule has 4 heteroatoms. The van der Waals surface area contributed by atoms with Crippen LogP contribution in [0.1, 0.15) is 40.0 Å². The van der Waals surface area contributed by atoms with Crippen molar-refractivity contribution in [3.63, 3.8) is 0 Å². The zero-order valence-electron chi connectivity index (χ0n) is 11.0. The van der Waals surface area contributed by atoms with Gasteiger partial charge in [-0.2, -0.15) is 0 Å². The Morgan fingerprint density at radius 2 is 1.82 bits per heavy atom. The number of hydrogen-bond acceptors (Lipinski definition) is 3. The zero-order valence-corrected chi connectivity index (χ0v) is 11.0. The van der Waals surface area contributed by atoms with Gasteiger partial charge in [0.25, 0.3) is 0 Å². The molecule has 4 fully saturated rings. The number of carbonyl (C=O) groups excluding carboxylic acids is 1. The number of rotatable bonds is 0. The molecule has 4 nitrogen and oxygen atoms in total. The van der Waals surface area contributed by atoms with Gasteiger partial charge in [-0.3, -0.25) is 0 Å². The molecule has 1 aliphatic carbocycles. The maximum Gasteiger partial charge on any atom is 0.410 e. The van der Waals surface area contributed by atoms with Crippen LogP contribution in [-0.2, 0) is 4.74 Å². The molecular formula is C13H22N2O2. The minimum absolute atomic E-state index is 0.143. The summed E-state index contributed by atoms with van der Waals surface area (Å²) in [5.74, 6) is 0. The van der Waals surface area contributed by atoms with Crippen LogP contribution < -0.4 is 5.32 Å². The van der Waals surface area contributed by atoms with Crippen molar-refractivity contribution in [1.29, 1.82) is 0 Å². The minimum Gasteiger partial charge on any atom is -0.444 e. The van der Waals surface area contributed by atoms with Crippen LogP contribution in [0.5, 0.6) is 0 Å². The fraction of sp³-hybridized carbons (Fsp3) is 0.923. The Morgan fingerprint density at radius 1 is 1.29 bits per heavy atom. The smallest absolute Gasteiger partial charge is 0.410 e. The lowest BCUT2D eigenvalue weighted by Gasteiger charge is -2.60. The summed E-state index contributed by atoms with van der Waals surface area (Å²) in [6, 6.07) is 1.43. The van der Waals surface area contributed by atoms with Gasteiger partial charge < -0.3 is 15.0 Å². The molecular weight excluding hydrogens is 216 g/mol. The molecule has 4 aliphatic rings. The molecule has 3 heterocycles. The van der Waals surface area contributed by atoms with Crippen LogP contribution in [0, 0.1) is 5.41 Å². The topological polar surface area (TPSA) is 41.6 Å². The largest absolute Gasteiger partial charge is 0.444 e. The average Bonchev–Trinajstić information content (AvgIpc) is 2.10. The summed E-state index contributed by atoms with van der Waals surface area (Å²) in [5.41, 5.74) is 0.0336. The van der Waals surface area contributed by atoms with E-state index in [1.54, 1.807) is 0 Å². The molecule has 4 rings (SSSR count). The molecule has 3 saturated heterocycles. The summed E-state index contributed by atoms with van der Waals surface area (Å²) in [6.45, 7) is 7.55. The average molecular weight is 238 g/mol. The van der Waals surface area contributed by atoms with Gasteiger partial charge in [0.2, 0.25) is 0 Å². The number of amides is 1. The maximum atomic E-state index is 11.8. The van der Waals surface area contributed by atoms with E-state index in [4.69, 9.17) is 4.74 Å².